The van der Waals surface area contributed by atoms with Crippen LogP contribution < -0.4 is 9.47 Å². The van der Waals surface area contributed by atoms with Crippen molar-refractivity contribution in [1.29, 1.82) is 0 Å². The van der Waals surface area contributed by atoms with Crippen LogP contribution in [0.3, 0.4) is 0 Å². The van der Waals surface area contributed by atoms with Gasteiger partial charge in [-0.25, -0.2) is 0 Å². The van der Waals surface area contributed by atoms with Crippen molar-refractivity contribution in [3.63, 3.8) is 0 Å². The van der Waals surface area contributed by atoms with E-state index >= 15 is 0 Å². The first-order chi connectivity index (χ1) is 11.9. The molecule has 1 aromatic carbocycles. The van der Waals surface area contributed by atoms with Gasteiger partial charge < -0.3 is 19.4 Å². The van der Waals surface area contributed by atoms with Gasteiger partial charge in [0, 0.05) is 12.3 Å². The van der Waals surface area contributed by atoms with Crippen LogP contribution in [0.2, 0.25) is 0 Å². The molecule has 2 aromatic heterocycles. The minimum atomic E-state index is -4.71. The summed E-state index contributed by atoms with van der Waals surface area (Å²) in [5.74, 6) is 0.309. The molecule has 0 amide bonds. The van der Waals surface area contributed by atoms with Gasteiger partial charge in [-0.3, -0.25) is 4.99 Å². The Morgan fingerprint density at radius 3 is 2.38 bits per heavy atom. The van der Waals surface area contributed by atoms with E-state index in [-0.39, 0.29) is 18.2 Å². The molecule has 0 aliphatic heterocycles. The van der Waals surface area contributed by atoms with Crippen LogP contribution in [0.1, 0.15) is 5.69 Å². The third kappa shape index (κ3) is 4.82. The van der Waals surface area contributed by atoms with E-state index in [0.717, 1.165) is 11.4 Å². The smallest absolute Gasteiger partial charge is 0.494 e. The predicted octanol–water partition coefficient (Wildman–Crippen LogP) is 5.09. The maximum atomic E-state index is 12.1. The Kier molecular flexibility index (Phi) is 5.99. The molecule has 0 aliphatic carbocycles. The molecule has 0 bridgehead atoms. The van der Waals surface area contributed by atoms with Crippen molar-refractivity contribution < 1.29 is 22.6 Å². The van der Waals surface area contributed by atoms with E-state index in [9.17, 15) is 13.2 Å². The van der Waals surface area contributed by atoms with E-state index in [4.69, 9.17) is 4.74 Å². The first-order valence-electron chi connectivity index (χ1n) is 7.25. The van der Waals surface area contributed by atoms with Crippen molar-refractivity contribution in [3.05, 3.63) is 54.4 Å². The van der Waals surface area contributed by atoms with Gasteiger partial charge in [-0.05, 0) is 36.4 Å². The number of aliphatic imine (C=N–C) groups is 1. The molecule has 2 N–H and O–H groups in total. The number of aromatic amines is 2. The van der Waals surface area contributed by atoms with Gasteiger partial charge in [0.05, 0.1) is 36.1 Å². The number of methoxy groups -OCH3 is 1. The fourth-order valence-corrected chi connectivity index (χ4v) is 2.23. The fraction of sp³-hybridized carbons (Fsp3) is 0.118. The van der Waals surface area contributed by atoms with Crippen LogP contribution >= 0.6 is 12.4 Å². The Balaban J connectivity index is 0.00000243. The number of rotatable bonds is 5. The second-order valence-corrected chi connectivity index (χ2v) is 5.05. The average Bonchev–Trinajstić information content (AvgIpc) is 3.22. The SMILES string of the molecule is COc1cc(-c2ccc[nH]2)[nH]c1C=Nc1ccc(OC(F)(F)F)cc1.Cl. The Labute approximate surface area is 153 Å². The number of benzene rings is 1. The van der Waals surface area contributed by atoms with Crippen LogP contribution in [-0.2, 0) is 0 Å². The molecule has 0 radical (unpaired) electrons. The standard InChI is InChI=1S/C17H14F3N3O2.ClH/c1-24-16-9-14(13-3-2-8-21-13)23-15(16)10-22-11-4-6-12(7-5-11)25-17(18,19)20;/h2-10,21,23H,1H3;1H. The summed E-state index contributed by atoms with van der Waals surface area (Å²) < 4.78 is 45.5. The first-order valence-corrected chi connectivity index (χ1v) is 7.25. The Bertz CT molecular complexity index is 857. The van der Waals surface area contributed by atoms with Gasteiger partial charge in [-0.15, -0.1) is 25.6 Å². The average molecular weight is 386 g/mol. The Hall–Kier alpha value is -2.87. The predicted molar refractivity (Wildman–Crippen MR) is 94.8 cm³/mol. The molecular formula is C17H15ClF3N3O2. The molecule has 0 fully saturated rings. The number of aromatic nitrogens is 2. The molecule has 5 nitrogen and oxygen atoms in total. The van der Waals surface area contributed by atoms with Crippen LogP contribution in [0.15, 0.2) is 53.7 Å². The van der Waals surface area contributed by atoms with E-state index in [0.29, 0.717) is 17.1 Å². The number of halogens is 4. The van der Waals surface area contributed by atoms with E-state index in [1.807, 2.05) is 18.2 Å². The third-order valence-corrected chi connectivity index (χ3v) is 3.33. The summed E-state index contributed by atoms with van der Waals surface area (Å²) in [6.07, 6.45) is -1.36. The van der Waals surface area contributed by atoms with Gasteiger partial charge in [-0.2, -0.15) is 0 Å². The van der Waals surface area contributed by atoms with Crippen LogP contribution in [0.25, 0.3) is 11.4 Å². The normalized spacial score (nSPS) is 11.4. The second kappa shape index (κ2) is 8.01. The van der Waals surface area contributed by atoms with Gasteiger partial charge in [0.25, 0.3) is 0 Å². The molecule has 3 rings (SSSR count). The fourth-order valence-electron chi connectivity index (χ4n) is 2.23. The molecule has 3 aromatic rings. The topological polar surface area (TPSA) is 62.4 Å². The minimum absolute atomic E-state index is 0. The Morgan fingerprint density at radius 1 is 1.08 bits per heavy atom. The van der Waals surface area contributed by atoms with Crippen molar-refractivity contribution in [2.45, 2.75) is 6.36 Å². The van der Waals surface area contributed by atoms with Crippen LogP contribution in [0.5, 0.6) is 11.5 Å². The largest absolute Gasteiger partial charge is 0.573 e. The molecule has 0 unspecified atom stereocenters. The van der Waals surface area contributed by atoms with E-state index in [1.165, 1.54) is 24.3 Å². The summed E-state index contributed by atoms with van der Waals surface area (Å²) in [5, 5.41) is 0. The van der Waals surface area contributed by atoms with Gasteiger partial charge in [0.15, 0.2) is 0 Å². The van der Waals surface area contributed by atoms with Gasteiger partial charge >= 0.3 is 6.36 Å². The number of nitrogens with zero attached hydrogens (tertiary/aromatic N) is 1. The zero-order chi connectivity index (χ0) is 17.9. The zero-order valence-electron chi connectivity index (χ0n) is 13.5. The number of hydrogen-bond donors (Lipinski definition) is 2. The highest BCUT2D eigenvalue weighted by atomic mass is 35.5. The zero-order valence-corrected chi connectivity index (χ0v) is 14.3. The summed E-state index contributed by atoms with van der Waals surface area (Å²) in [6.45, 7) is 0. The molecule has 0 atom stereocenters. The lowest BCUT2D eigenvalue weighted by atomic mass is 10.3. The second-order valence-electron chi connectivity index (χ2n) is 5.05. The molecule has 0 aliphatic rings. The van der Waals surface area contributed by atoms with Gasteiger partial charge in [0.1, 0.15) is 11.5 Å². The third-order valence-electron chi connectivity index (χ3n) is 3.33. The van der Waals surface area contributed by atoms with Crippen molar-refractivity contribution in [2.75, 3.05) is 7.11 Å². The van der Waals surface area contributed by atoms with E-state index in [2.05, 4.69) is 19.7 Å². The number of ether oxygens (including phenoxy) is 2. The van der Waals surface area contributed by atoms with E-state index < -0.39 is 6.36 Å². The monoisotopic (exact) mass is 385 g/mol. The van der Waals surface area contributed by atoms with Gasteiger partial charge in [-0.1, -0.05) is 0 Å². The minimum Gasteiger partial charge on any atom is -0.494 e. The quantitative estimate of drug-likeness (QED) is 0.601. The summed E-state index contributed by atoms with van der Waals surface area (Å²) >= 11 is 0. The number of alkyl halides is 3. The lowest BCUT2D eigenvalue weighted by molar-refractivity contribution is -0.274. The van der Waals surface area contributed by atoms with Crippen LogP contribution in [-0.4, -0.2) is 29.7 Å². The number of H-pyrrole nitrogens is 2. The number of hydrogen-bond acceptors (Lipinski definition) is 3. The molecule has 0 spiro atoms. The van der Waals surface area contributed by atoms with Crippen LogP contribution in [0, 0.1) is 0 Å². The summed E-state index contributed by atoms with van der Waals surface area (Å²) in [7, 11) is 1.54. The molecule has 26 heavy (non-hydrogen) atoms. The van der Waals surface area contributed by atoms with Crippen molar-refractivity contribution in [3.8, 4) is 22.9 Å². The molecule has 9 heteroatoms. The van der Waals surface area contributed by atoms with Crippen LogP contribution in [0.4, 0.5) is 18.9 Å². The summed E-state index contributed by atoms with van der Waals surface area (Å²) in [4.78, 5) is 10.5. The molecule has 138 valence electrons. The molecule has 0 saturated heterocycles. The first kappa shape index (κ1) is 19.5. The van der Waals surface area contributed by atoms with Crippen molar-refractivity contribution >= 4 is 24.3 Å². The number of nitrogens with one attached hydrogen (secondary N) is 2. The lowest BCUT2D eigenvalue weighted by Crippen LogP contribution is -2.16. The van der Waals surface area contributed by atoms with Gasteiger partial charge in [0.2, 0.25) is 0 Å². The maximum Gasteiger partial charge on any atom is 0.573 e. The summed E-state index contributed by atoms with van der Waals surface area (Å²) in [6, 6.07) is 10.9. The highest BCUT2D eigenvalue weighted by Crippen LogP contribution is 2.27. The molecular weight excluding hydrogens is 371 g/mol. The van der Waals surface area contributed by atoms with Crippen molar-refractivity contribution in [1.82, 2.24) is 9.97 Å². The maximum absolute atomic E-state index is 12.1. The molecule has 0 saturated carbocycles. The Morgan fingerprint density at radius 2 is 1.81 bits per heavy atom. The highest BCUT2D eigenvalue weighted by molar-refractivity contribution is 5.86. The molecule has 2 heterocycles. The highest BCUT2D eigenvalue weighted by Gasteiger charge is 2.30. The van der Waals surface area contributed by atoms with E-state index in [1.54, 1.807) is 19.5 Å². The lowest BCUT2D eigenvalue weighted by Gasteiger charge is -2.08. The van der Waals surface area contributed by atoms with Crippen molar-refractivity contribution in [2.24, 2.45) is 4.99 Å². The summed E-state index contributed by atoms with van der Waals surface area (Å²) in [5.41, 5.74) is 2.85.